The van der Waals surface area contributed by atoms with E-state index in [1.165, 1.54) is 5.56 Å². The van der Waals surface area contributed by atoms with Crippen LogP contribution in [0.15, 0.2) is 21.9 Å². The Balaban J connectivity index is 2.18. The topological polar surface area (TPSA) is 48.8 Å². The highest BCUT2D eigenvalue weighted by Crippen LogP contribution is 2.09. The Morgan fingerprint density at radius 1 is 1.73 bits per heavy atom. The Kier molecular flexibility index (Phi) is 3.52. The SMILES string of the molecule is [N-]=[N+]=NCC[CH]c1ccsc1. The van der Waals surface area contributed by atoms with Gasteiger partial charge in [0.15, 0.2) is 0 Å². The molecule has 0 fully saturated rings. The van der Waals surface area contributed by atoms with E-state index in [-0.39, 0.29) is 0 Å². The van der Waals surface area contributed by atoms with Crippen molar-refractivity contribution in [3.05, 3.63) is 39.3 Å². The van der Waals surface area contributed by atoms with Crippen molar-refractivity contribution in [2.45, 2.75) is 6.42 Å². The average molecular weight is 166 g/mol. The number of thiophene rings is 1. The van der Waals surface area contributed by atoms with E-state index >= 15 is 0 Å². The summed E-state index contributed by atoms with van der Waals surface area (Å²) in [6.45, 7) is 0.548. The van der Waals surface area contributed by atoms with Gasteiger partial charge in [-0.3, -0.25) is 0 Å². The Bertz CT molecular complexity index is 236. The Morgan fingerprint density at radius 2 is 2.64 bits per heavy atom. The van der Waals surface area contributed by atoms with E-state index < -0.39 is 0 Å². The fraction of sp³-hybridized carbons (Fsp3) is 0.286. The molecule has 4 heteroatoms. The van der Waals surface area contributed by atoms with E-state index in [0.29, 0.717) is 6.54 Å². The molecule has 0 aliphatic heterocycles. The highest BCUT2D eigenvalue weighted by atomic mass is 32.1. The van der Waals surface area contributed by atoms with Crippen molar-refractivity contribution in [2.24, 2.45) is 5.11 Å². The predicted octanol–water partition coefficient (Wildman–Crippen LogP) is 3.00. The minimum absolute atomic E-state index is 0.548. The van der Waals surface area contributed by atoms with Gasteiger partial charge in [0, 0.05) is 11.5 Å². The lowest BCUT2D eigenvalue weighted by atomic mass is 10.2. The standard InChI is InChI=1S/C7H8N3S/c8-10-9-4-1-2-7-3-5-11-6-7/h2-3,5-6H,1,4H2. The van der Waals surface area contributed by atoms with Crippen LogP contribution in [0.2, 0.25) is 0 Å². The van der Waals surface area contributed by atoms with E-state index in [1.54, 1.807) is 11.3 Å². The molecule has 1 rings (SSSR count). The summed E-state index contributed by atoms with van der Waals surface area (Å²) in [6.07, 6.45) is 2.88. The predicted molar refractivity (Wildman–Crippen MR) is 46.4 cm³/mol. The summed E-state index contributed by atoms with van der Waals surface area (Å²) in [6, 6.07) is 2.04. The third-order valence-electron chi connectivity index (χ3n) is 1.22. The number of rotatable bonds is 4. The van der Waals surface area contributed by atoms with Crippen LogP contribution < -0.4 is 0 Å². The van der Waals surface area contributed by atoms with Gasteiger partial charge in [-0.2, -0.15) is 11.3 Å². The largest absolute Gasteiger partial charge is 0.152 e. The van der Waals surface area contributed by atoms with Crippen LogP contribution in [0.25, 0.3) is 10.4 Å². The number of hydrogen-bond donors (Lipinski definition) is 0. The van der Waals surface area contributed by atoms with Crippen molar-refractivity contribution in [3.63, 3.8) is 0 Å². The first-order chi connectivity index (χ1) is 5.43. The maximum absolute atomic E-state index is 7.97. The molecule has 1 aromatic rings. The highest BCUT2D eigenvalue weighted by Gasteiger charge is 1.91. The van der Waals surface area contributed by atoms with Crippen molar-refractivity contribution in [2.75, 3.05) is 6.54 Å². The Morgan fingerprint density at radius 3 is 3.27 bits per heavy atom. The van der Waals surface area contributed by atoms with Crippen molar-refractivity contribution < 1.29 is 0 Å². The molecule has 0 aliphatic carbocycles. The van der Waals surface area contributed by atoms with E-state index in [9.17, 15) is 0 Å². The fourth-order valence-corrected chi connectivity index (χ4v) is 1.37. The minimum Gasteiger partial charge on any atom is -0.152 e. The smallest absolute Gasteiger partial charge is 0.0263 e. The van der Waals surface area contributed by atoms with Crippen molar-refractivity contribution >= 4 is 11.3 Å². The van der Waals surface area contributed by atoms with Crippen LogP contribution in [0.3, 0.4) is 0 Å². The zero-order chi connectivity index (χ0) is 7.94. The summed E-state index contributed by atoms with van der Waals surface area (Å²) in [4.78, 5) is 2.66. The lowest BCUT2D eigenvalue weighted by molar-refractivity contribution is 0.949. The number of nitrogens with zero attached hydrogens (tertiary/aromatic N) is 3. The summed E-state index contributed by atoms with van der Waals surface area (Å²) in [5.74, 6) is 0. The van der Waals surface area contributed by atoms with E-state index in [0.717, 1.165) is 6.42 Å². The van der Waals surface area contributed by atoms with E-state index in [1.807, 2.05) is 11.4 Å². The lowest BCUT2D eigenvalue weighted by Gasteiger charge is -1.90. The number of hydrogen-bond acceptors (Lipinski definition) is 2. The molecule has 0 N–H and O–H groups in total. The lowest BCUT2D eigenvalue weighted by Crippen LogP contribution is -1.80. The molecule has 0 atom stereocenters. The van der Waals surface area contributed by atoms with Gasteiger partial charge in [0.25, 0.3) is 0 Å². The van der Waals surface area contributed by atoms with Gasteiger partial charge in [-0.1, -0.05) is 5.11 Å². The van der Waals surface area contributed by atoms with Gasteiger partial charge in [0.05, 0.1) is 0 Å². The number of azide groups is 1. The second-order valence-electron chi connectivity index (χ2n) is 2.00. The molecular formula is C7H8N3S. The van der Waals surface area contributed by atoms with E-state index in [2.05, 4.69) is 21.8 Å². The second-order valence-corrected chi connectivity index (χ2v) is 2.78. The zero-order valence-electron chi connectivity index (χ0n) is 5.97. The molecule has 0 aliphatic rings. The van der Waals surface area contributed by atoms with Crippen LogP contribution >= 0.6 is 11.3 Å². The molecule has 3 nitrogen and oxygen atoms in total. The third kappa shape index (κ3) is 3.07. The third-order valence-corrected chi connectivity index (χ3v) is 1.92. The van der Waals surface area contributed by atoms with Gasteiger partial charge in [-0.05, 0) is 40.8 Å². The molecule has 0 spiro atoms. The molecule has 1 heterocycles. The van der Waals surface area contributed by atoms with Crippen molar-refractivity contribution in [1.29, 1.82) is 0 Å². The Hall–Kier alpha value is -0.990. The molecule has 11 heavy (non-hydrogen) atoms. The van der Waals surface area contributed by atoms with Crippen LogP contribution in [0.4, 0.5) is 0 Å². The molecule has 0 saturated carbocycles. The van der Waals surface area contributed by atoms with Gasteiger partial charge in [0.2, 0.25) is 0 Å². The molecule has 0 bridgehead atoms. The summed E-state index contributed by atoms with van der Waals surface area (Å²) in [7, 11) is 0. The zero-order valence-corrected chi connectivity index (χ0v) is 6.79. The molecule has 57 valence electrons. The first-order valence-electron chi connectivity index (χ1n) is 3.30. The average Bonchev–Trinajstić information content (AvgIpc) is 2.50. The fourth-order valence-electron chi connectivity index (χ4n) is 0.725. The van der Waals surface area contributed by atoms with Gasteiger partial charge in [-0.25, -0.2) is 0 Å². The van der Waals surface area contributed by atoms with Crippen molar-refractivity contribution in [1.82, 2.24) is 0 Å². The van der Waals surface area contributed by atoms with Gasteiger partial charge < -0.3 is 0 Å². The molecule has 0 amide bonds. The molecule has 0 aromatic carbocycles. The van der Waals surface area contributed by atoms with Gasteiger partial charge in [0.1, 0.15) is 0 Å². The maximum Gasteiger partial charge on any atom is 0.0263 e. The first kappa shape index (κ1) is 8.11. The summed E-state index contributed by atoms with van der Waals surface area (Å²) >= 11 is 1.67. The van der Waals surface area contributed by atoms with Crippen LogP contribution in [-0.2, 0) is 0 Å². The monoisotopic (exact) mass is 166 g/mol. The molecule has 0 saturated heterocycles. The summed E-state index contributed by atoms with van der Waals surface area (Å²) < 4.78 is 0. The summed E-state index contributed by atoms with van der Waals surface area (Å²) in [5, 5.41) is 7.52. The molecule has 1 radical (unpaired) electrons. The van der Waals surface area contributed by atoms with Crippen LogP contribution in [-0.4, -0.2) is 6.54 Å². The van der Waals surface area contributed by atoms with E-state index in [4.69, 9.17) is 5.53 Å². The minimum atomic E-state index is 0.548. The Labute approximate surface area is 69.3 Å². The highest BCUT2D eigenvalue weighted by molar-refractivity contribution is 7.08. The molecular weight excluding hydrogens is 158 g/mol. The molecule has 0 unspecified atom stereocenters. The van der Waals surface area contributed by atoms with Crippen LogP contribution in [0, 0.1) is 6.42 Å². The quantitative estimate of drug-likeness (QED) is 0.286. The second kappa shape index (κ2) is 4.77. The van der Waals surface area contributed by atoms with Crippen molar-refractivity contribution in [3.8, 4) is 0 Å². The summed E-state index contributed by atoms with van der Waals surface area (Å²) in [5.41, 5.74) is 9.18. The van der Waals surface area contributed by atoms with Gasteiger partial charge in [-0.15, -0.1) is 0 Å². The first-order valence-corrected chi connectivity index (χ1v) is 4.24. The normalized spacial score (nSPS) is 9.09. The van der Waals surface area contributed by atoms with Gasteiger partial charge >= 0.3 is 0 Å². The van der Waals surface area contributed by atoms with Crippen LogP contribution in [0.1, 0.15) is 12.0 Å². The maximum atomic E-state index is 7.97. The molecule has 1 aromatic heterocycles. The van der Waals surface area contributed by atoms with Crippen LogP contribution in [0.5, 0.6) is 0 Å².